The van der Waals surface area contributed by atoms with Gasteiger partial charge in [0.1, 0.15) is 0 Å². The zero-order valence-electron chi connectivity index (χ0n) is 6.87. The van der Waals surface area contributed by atoms with Gasteiger partial charge in [-0.1, -0.05) is 12.1 Å². The molecule has 0 bridgehead atoms. The van der Waals surface area contributed by atoms with Crippen LogP contribution in [0, 0.1) is 0 Å². The molecule has 0 saturated heterocycles. The molecule has 0 atom stereocenters. The van der Waals surface area contributed by atoms with Crippen molar-refractivity contribution in [2.45, 2.75) is 0 Å². The molecule has 1 aromatic rings. The van der Waals surface area contributed by atoms with Crippen LogP contribution in [0.1, 0.15) is 5.56 Å². The Labute approximate surface area is 99.5 Å². The quantitative estimate of drug-likeness (QED) is 0.484. The Bertz CT molecular complexity index is 358. The normalized spacial score (nSPS) is 12.8. The molecule has 13 heavy (non-hydrogen) atoms. The minimum Gasteiger partial charge on any atom is -1.00 e. The zero-order valence-corrected chi connectivity index (χ0v) is 9.79. The SMILES string of the molecule is ClCC1=CC=[N+]c2ccccc21.[I-]. The van der Waals surface area contributed by atoms with E-state index in [2.05, 4.69) is 4.99 Å². The van der Waals surface area contributed by atoms with Crippen molar-refractivity contribution >= 4 is 29.1 Å². The number of aliphatic imine (C=N–C) groups is 1. The minimum atomic E-state index is 0. The van der Waals surface area contributed by atoms with Crippen LogP contribution >= 0.6 is 11.6 Å². The van der Waals surface area contributed by atoms with Crippen LogP contribution in [-0.2, 0) is 0 Å². The van der Waals surface area contributed by atoms with Gasteiger partial charge in [-0.2, -0.15) is 0 Å². The number of hydrogen-bond donors (Lipinski definition) is 0. The molecule has 0 aliphatic carbocycles. The number of halogens is 2. The molecule has 1 aliphatic rings. The minimum absolute atomic E-state index is 0. The average molecular weight is 305 g/mol. The second kappa shape index (κ2) is 4.77. The third kappa shape index (κ3) is 2.11. The Morgan fingerprint density at radius 3 is 2.77 bits per heavy atom. The smallest absolute Gasteiger partial charge is 0.284 e. The molecule has 1 radical (unpaired) electrons. The summed E-state index contributed by atoms with van der Waals surface area (Å²) in [4.78, 5) is 4.23. The van der Waals surface area contributed by atoms with Gasteiger partial charge in [-0.05, 0) is 11.6 Å². The number of fused-ring (bicyclic) bond motifs is 1. The van der Waals surface area contributed by atoms with Crippen LogP contribution in [-0.4, -0.2) is 12.1 Å². The average Bonchev–Trinajstić information content (AvgIpc) is 2.17. The van der Waals surface area contributed by atoms with E-state index in [1.165, 1.54) is 0 Å². The van der Waals surface area contributed by atoms with Gasteiger partial charge >= 0.3 is 0 Å². The van der Waals surface area contributed by atoms with Crippen LogP contribution in [0.2, 0.25) is 0 Å². The van der Waals surface area contributed by atoms with Gasteiger partial charge in [0.05, 0.1) is 10.6 Å². The molecule has 0 N–H and O–H groups in total. The Balaban J connectivity index is 0.000000845. The Morgan fingerprint density at radius 2 is 2.00 bits per heavy atom. The highest BCUT2D eigenvalue weighted by atomic mass is 127. The molecule has 2 rings (SSSR count). The predicted octanol–water partition coefficient (Wildman–Crippen LogP) is -0.635. The summed E-state index contributed by atoms with van der Waals surface area (Å²) in [6, 6.07) is 8.01. The second-order valence-corrected chi connectivity index (χ2v) is 2.89. The van der Waals surface area contributed by atoms with Gasteiger partial charge in [0.2, 0.25) is 6.21 Å². The maximum Gasteiger partial charge on any atom is 0.284 e. The predicted molar refractivity (Wildman–Crippen MR) is 53.0 cm³/mol. The lowest BCUT2D eigenvalue weighted by molar-refractivity contribution is -0.00000232. The van der Waals surface area contributed by atoms with Crippen molar-refractivity contribution in [3.05, 3.63) is 35.9 Å². The Hall–Kier alpha value is -0.350. The van der Waals surface area contributed by atoms with E-state index in [1.54, 1.807) is 6.21 Å². The lowest BCUT2D eigenvalue weighted by atomic mass is 10.0. The third-order valence-corrected chi connectivity index (χ3v) is 2.17. The van der Waals surface area contributed by atoms with Crippen LogP contribution in [0.4, 0.5) is 5.69 Å². The maximum atomic E-state index is 5.78. The standard InChI is InChI=1S/C10H8ClN.HI/c11-7-8-5-6-12-10-4-2-1-3-9(8)10;/h1-6H,7H2;1H/q+1;/p-1. The summed E-state index contributed by atoms with van der Waals surface area (Å²) in [5.41, 5.74) is 3.30. The maximum absolute atomic E-state index is 5.78. The summed E-state index contributed by atoms with van der Waals surface area (Å²) >= 11 is 5.78. The number of benzene rings is 1. The largest absolute Gasteiger partial charge is 1.00 e. The van der Waals surface area contributed by atoms with E-state index in [-0.39, 0.29) is 24.0 Å². The highest BCUT2D eigenvalue weighted by Gasteiger charge is 2.16. The zero-order chi connectivity index (χ0) is 8.39. The summed E-state index contributed by atoms with van der Waals surface area (Å²) in [7, 11) is 0. The molecule has 0 fully saturated rings. The van der Waals surface area contributed by atoms with E-state index >= 15 is 0 Å². The summed E-state index contributed by atoms with van der Waals surface area (Å²) in [6.07, 6.45) is 3.75. The molecule has 0 unspecified atom stereocenters. The molecule has 0 amide bonds. The van der Waals surface area contributed by atoms with Gasteiger partial charge < -0.3 is 24.0 Å². The van der Waals surface area contributed by atoms with Gasteiger partial charge in [0, 0.05) is 18.0 Å². The topological polar surface area (TPSA) is 14.1 Å². The third-order valence-electron chi connectivity index (χ3n) is 1.88. The van der Waals surface area contributed by atoms with Gasteiger partial charge in [0.15, 0.2) is 0 Å². The summed E-state index contributed by atoms with van der Waals surface area (Å²) in [5, 5.41) is 0. The van der Waals surface area contributed by atoms with E-state index < -0.39 is 0 Å². The lowest BCUT2D eigenvalue weighted by Crippen LogP contribution is -3.00. The van der Waals surface area contributed by atoms with Crippen LogP contribution in [0.3, 0.4) is 0 Å². The first-order valence-electron chi connectivity index (χ1n) is 3.80. The van der Waals surface area contributed by atoms with Gasteiger partial charge in [0.25, 0.3) is 5.69 Å². The first kappa shape index (κ1) is 10.7. The highest BCUT2D eigenvalue weighted by molar-refractivity contribution is 6.24. The van der Waals surface area contributed by atoms with E-state index in [0.29, 0.717) is 5.88 Å². The molecular weight excluding hydrogens is 296 g/mol. The fraction of sp³-hybridized carbons (Fsp3) is 0.100. The fourth-order valence-corrected chi connectivity index (χ4v) is 1.50. The molecule has 67 valence electrons. The Kier molecular flexibility index (Phi) is 3.93. The molecule has 0 saturated carbocycles. The number of allylic oxidation sites excluding steroid dienone is 2. The van der Waals surface area contributed by atoms with E-state index in [0.717, 1.165) is 16.8 Å². The lowest BCUT2D eigenvalue weighted by Gasteiger charge is -2.01. The van der Waals surface area contributed by atoms with E-state index in [1.807, 2.05) is 30.3 Å². The van der Waals surface area contributed by atoms with Gasteiger partial charge in [-0.3, -0.25) is 0 Å². The molecule has 0 spiro atoms. The van der Waals surface area contributed by atoms with Crippen LogP contribution in [0.15, 0.2) is 30.3 Å². The van der Waals surface area contributed by atoms with Crippen LogP contribution in [0.5, 0.6) is 0 Å². The van der Waals surface area contributed by atoms with Crippen molar-refractivity contribution in [1.82, 2.24) is 4.99 Å². The van der Waals surface area contributed by atoms with Crippen molar-refractivity contribution < 1.29 is 24.0 Å². The number of hydrogen-bond acceptors (Lipinski definition) is 1. The highest BCUT2D eigenvalue weighted by Crippen LogP contribution is 2.25. The van der Waals surface area contributed by atoms with Crippen LogP contribution < -0.4 is 29.0 Å². The van der Waals surface area contributed by atoms with Gasteiger partial charge in [-0.15, -0.1) is 11.6 Å². The molecule has 1 heterocycles. The summed E-state index contributed by atoms with van der Waals surface area (Å²) in [5.74, 6) is 0.545. The molecular formula is C10H8ClIN. The van der Waals surface area contributed by atoms with E-state index in [4.69, 9.17) is 11.6 Å². The van der Waals surface area contributed by atoms with Gasteiger partial charge in [-0.25, -0.2) is 0 Å². The summed E-state index contributed by atoms with van der Waals surface area (Å²) < 4.78 is 0. The van der Waals surface area contributed by atoms with Crippen molar-refractivity contribution in [1.29, 1.82) is 0 Å². The van der Waals surface area contributed by atoms with E-state index in [9.17, 15) is 0 Å². The Morgan fingerprint density at radius 1 is 1.23 bits per heavy atom. The molecule has 3 heteroatoms. The molecule has 0 aromatic heterocycles. The fourth-order valence-electron chi connectivity index (χ4n) is 1.27. The van der Waals surface area contributed by atoms with Crippen molar-refractivity contribution in [2.24, 2.45) is 0 Å². The monoisotopic (exact) mass is 304 g/mol. The number of para-hydroxylation sites is 1. The molecule has 1 aromatic carbocycles. The van der Waals surface area contributed by atoms with Crippen LogP contribution in [0.25, 0.3) is 5.57 Å². The van der Waals surface area contributed by atoms with Crippen molar-refractivity contribution in [3.63, 3.8) is 0 Å². The second-order valence-electron chi connectivity index (χ2n) is 2.62. The first-order valence-corrected chi connectivity index (χ1v) is 4.34. The molecule has 1 nitrogen and oxygen atoms in total. The number of rotatable bonds is 1. The van der Waals surface area contributed by atoms with Crippen molar-refractivity contribution in [3.8, 4) is 0 Å². The van der Waals surface area contributed by atoms with Crippen molar-refractivity contribution in [2.75, 3.05) is 5.88 Å². The number of alkyl halides is 1. The molecule has 1 aliphatic heterocycles. The summed E-state index contributed by atoms with van der Waals surface area (Å²) in [6.45, 7) is 0. The first-order chi connectivity index (χ1) is 5.92. The number of nitrogens with zero attached hydrogens (tertiary/aromatic N) is 1.